The van der Waals surface area contributed by atoms with Gasteiger partial charge in [-0.05, 0) is 43.4 Å². The van der Waals surface area contributed by atoms with Gasteiger partial charge in [-0.2, -0.15) is 0 Å². The van der Waals surface area contributed by atoms with Gasteiger partial charge in [-0.15, -0.1) is 0 Å². The molecule has 112 valence electrons. The maximum Gasteiger partial charge on any atom is 0.151 e. The van der Waals surface area contributed by atoms with E-state index in [0.29, 0.717) is 12.0 Å². The van der Waals surface area contributed by atoms with Gasteiger partial charge in [0.1, 0.15) is 5.82 Å². The average molecular weight is 299 g/mol. The summed E-state index contributed by atoms with van der Waals surface area (Å²) in [6.07, 6.45) is 1.98. The van der Waals surface area contributed by atoms with Gasteiger partial charge >= 0.3 is 0 Å². The Bertz CT molecular complexity index is 535. The van der Waals surface area contributed by atoms with Crippen molar-refractivity contribution in [3.05, 3.63) is 35.6 Å². The van der Waals surface area contributed by atoms with E-state index >= 15 is 0 Å². The third kappa shape index (κ3) is 4.03. The van der Waals surface area contributed by atoms with Crippen LogP contribution in [0.25, 0.3) is 0 Å². The molecular weight excluding hydrogens is 277 g/mol. The molecule has 0 aromatic heterocycles. The molecule has 5 heteroatoms. The lowest BCUT2D eigenvalue weighted by atomic mass is 9.75. The van der Waals surface area contributed by atoms with Crippen LogP contribution in [0.5, 0.6) is 0 Å². The molecule has 20 heavy (non-hydrogen) atoms. The summed E-state index contributed by atoms with van der Waals surface area (Å²) < 4.78 is 35.9. The van der Waals surface area contributed by atoms with Crippen LogP contribution in [0, 0.1) is 5.82 Å². The number of hydrogen-bond donors (Lipinski definition) is 1. The van der Waals surface area contributed by atoms with Gasteiger partial charge in [-0.3, -0.25) is 0 Å². The number of nitrogens with one attached hydrogen (secondary N) is 1. The minimum Gasteiger partial charge on any atom is -0.310 e. The van der Waals surface area contributed by atoms with Crippen molar-refractivity contribution in [1.82, 2.24) is 5.32 Å². The molecule has 2 rings (SSSR count). The lowest BCUT2D eigenvalue weighted by molar-refractivity contribution is 0.275. The SMILES string of the molecule is CCS(=O)(=O)C[C@H](C)NC1CC(c2ccc(F)cc2)C1. The summed E-state index contributed by atoms with van der Waals surface area (Å²) in [6, 6.07) is 7.01. The topological polar surface area (TPSA) is 46.2 Å². The third-order valence-corrected chi connectivity index (χ3v) is 5.83. The Morgan fingerprint density at radius 3 is 2.45 bits per heavy atom. The van der Waals surface area contributed by atoms with Crippen molar-refractivity contribution in [3.8, 4) is 0 Å². The Labute approximate surface area is 120 Å². The first-order valence-electron chi connectivity index (χ1n) is 7.11. The maximum absolute atomic E-state index is 12.8. The van der Waals surface area contributed by atoms with E-state index in [2.05, 4.69) is 5.32 Å². The van der Waals surface area contributed by atoms with Crippen LogP contribution in [-0.4, -0.2) is 32.0 Å². The maximum atomic E-state index is 12.8. The van der Waals surface area contributed by atoms with Crippen molar-refractivity contribution < 1.29 is 12.8 Å². The summed E-state index contributed by atoms with van der Waals surface area (Å²) >= 11 is 0. The average Bonchev–Trinajstić information content (AvgIpc) is 2.34. The fraction of sp³-hybridized carbons (Fsp3) is 0.600. The summed E-state index contributed by atoms with van der Waals surface area (Å²) in [6.45, 7) is 3.59. The second-order valence-electron chi connectivity index (χ2n) is 5.68. The second-order valence-corrected chi connectivity index (χ2v) is 8.08. The molecule has 1 aromatic carbocycles. The molecule has 3 nitrogen and oxygen atoms in total. The molecule has 0 heterocycles. The largest absolute Gasteiger partial charge is 0.310 e. The van der Waals surface area contributed by atoms with Crippen molar-refractivity contribution >= 4 is 9.84 Å². The van der Waals surface area contributed by atoms with Gasteiger partial charge < -0.3 is 5.32 Å². The first-order valence-corrected chi connectivity index (χ1v) is 8.93. The molecule has 0 spiro atoms. The van der Waals surface area contributed by atoms with Crippen molar-refractivity contribution in [2.45, 2.75) is 44.7 Å². The standard InChI is InChI=1S/C15H22FNO2S/c1-3-20(18,19)10-11(2)17-15-8-13(9-15)12-4-6-14(16)7-5-12/h4-7,11,13,15,17H,3,8-10H2,1-2H3/t11-,13?,15?/m0/s1. The summed E-state index contributed by atoms with van der Waals surface area (Å²) in [7, 11) is -2.92. The monoisotopic (exact) mass is 299 g/mol. The van der Waals surface area contributed by atoms with Gasteiger partial charge in [0.2, 0.25) is 0 Å². The minimum absolute atomic E-state index is 0.0147. The lowest BCUT2D eigenvalue weighted by Gasteiger charge is -2.38. The molecule has 0 bridgehead atoms. The number of halogens is 1. The summed E-state index contributed by atoms with van der Waals surface area (Å²) in [4.78, 5) is 0. The van der Waals surface area contributed by atoms with Crippen LogP contribution >= 0.6 is 0 Å². The van der Waals surface area contributed by atoms with Crippen LogP contribution in [0.15, 0.2) is 24.3 Å². The van der Waals surface area contributed by atoms with Crippen LogP contribution in [0.4, 0.5) is 4.39 Å². The number of rotatable bonds is 6. The smallest absolute Gasteiger partial charge is 0.151 e. The first kappa shape index (κ1) is 15.4. The highest BCUT2D eigenvalue weighted by Gasteiger charge is 2.31. The number of benzene rings is 1. The molecule has 0 amide bonds. The summed E-state index contributed by atoms with van der Waals surface area (Å²) in [5.41, 5.74) is 1.17. The van der Waals surface area contributed by atoms with Crippen molar-refractivity contribution in [2.75, 3.05) is 11.5 Å². The zero-order valence-corrected chi connectivity index (χ0v) is 12.8. The van der Waals surface area contributed by atoms with Gasteiger partial charge in [-0.25, -0.2) is 12.8 Å². The Morgan fingerprint density at radius 2 is 1.90 bits per heavy atom. The minimum atomic E-state index is -2.92. The fourth-order valence-corrected chi connectivity index (χ4v) is 3.80. The number of sulfone groups is 1. The van der Waals surface area contributed by atoms with Crippen molar-refractivity contribution in [1.29, 1.82) is 0 Å². The van der Waals surface area contributed by atoms with Crippen LogP contribution in [0.3, 0.4) is 0 Å². The Morgan fingerprint density at radius 1 is 1.30 bits per heavy atom. The van der Waals surface area contributed by atoms with E-state index in [9.17, 15) is 12.8 Å². The molecule has 1 aliphatic carbocycles. The van der Waals surface area contributed by atoms with Crippen molar-refractivity contribution in [3.63, 3.8) is 0 Å². The predicted molar refractivity (Wildman–Crippen MR) is 79.1 cm³/mol. The zero-order valence-electron chi connectivity index (χ0n) is 12.0. The van der Waals surface area contributed by atoms with Gasteiger partial charge in [0.15, 0.2) is 9.84 Å². The predicted octanol–water partition coefficient (Wildman–Crippen LogP) is 2.48. The molecular formula is C15H22FNO2S. The van der Waals surface area contributed by atoms with Crippen LogP contribution < -0.4 is 5.32 Å². The molecule has 1 N–H and O–H groups in total. The van der Waals surface area contributed by atoms with Gasteiger partial charge in [0.25, 0.3) is 0 Å². The third-order valence-electron chi connectivity index (χ3n) is 3.94. The van der Waals surface area contributed by atoms with Crippen LogP contribution in [0.2, 0.25) is 0 Å². The summed E-state index contributed by atoms with van der Waals surface area (Å²) in [5.74, 6) is 0.646. The molecule has 0 unspecified atom stereocenters. The van der Waals surface area contributed by atoms with E-state index < -0.39 is 9.84 Å². The Kier molecular flexibility index (Phi) is 4.81. The van der Waals surface area contributed by atoms with Crippen molar-refractivity contribution in [2.24, 2.45) is 0 Å². The van der Waals surface area contributed by atoms with Gasteiger partial charge in [0, 0.05) is 17.8 Å². The molecule has 1 aliphatic rings. The van der Waals surface area contributed by atoms with Crippen LogP contribution in [-0.2, 0) is 9.84 Å². The molecule has 0 aliphatic heterocycles. The second kappa shape index (κ2) is 6.22. The van der Waals surface area contributed by atoms with Crippen LogP contribution in [0.1, 0.15) is 38.2 Å². The number of hydrogen-bond acceptors (Lipinski definition) is 3. The molecule has 1 fully saturated rings. The normalized spacial score (nSPS) is 24.1. The molecule has 1 atom stereocenters. The summed E-state index contributed by atoms with van der Waals surface area (Å²) in [5, 5.41) is 3.36. The highest BCUT2D eigenvalue weighted by molar-refractivity contribution is 7.91. The quantitative estimate of drug-likeness (QED) is 0.878. The highest BCUT2D eigenvalue weighted by atomic mass is 32.2. The van der Waals surface area contributed by atoms with E-state index in [4.69, 9.17) is 0 Å². The van der Waals surface area contributed by atoms with E-state index in [-0.39, 0.29) is 23.4 Å². The molecule has 1 saturated carbocycles. The Balaban J connectivity index is 1.78. The van der Waals surface area contributed by atoms with Gasteiger partial charge in [0.05, 0.1) is 5.75 Å². The molecule has 1 aromatic rings. The zero-order chi connectivity index (χ0) is 14.8. The van der Waals surface area contributed by atoms with E-state index in [1.807, 2.05) is 19.1 Å². The van der Waals surface area contributed by atoms with E-state index in [0.717, 1.165) is 12.8 Å². The fourth-order valence-electron chi connectivity index (χ4n) is 2.71. The van der Waals surface area contributed by atoms with E-state index in [1.54, 1.807) is 6.92 Å². The van der Waals surface area contributed by atoms with E-state index in [1.165, 1.54) is 17.7 Å². The Hall–Kier alpha value is -0.940. The molecule has 0 saturated heterocycles. The highest BCUT2D eigenvalue weighted by Crippen LogP contribution is 2.37. The van der Waals surface area contributed by atoms with Gasteiger partial charge in [-0.1, -0.05) is 19.1 Å². The molecule has 0 radical (unpaired) electrons. The first-order chi connectivity index (χ1) is 9.39. The lowest BCUT2D eigenvalue weighted by Crippen LogP contribution is -2.46.